The molecule has 0 saturated heterocycles. The highest BCUT2D eigenvalue weighted by Gasteiger charge is 2.06. The van der Waals surface area contributed by atoms with Crippen molar-refractivity contribution in [1.29, 1.82) is 0 Å². The van der Waals surface area contributed by atoms with E-state index in [1.807, 2.05) is 0 Å². The Morgan fingerprint density at radius 2 is 1.19 bits per heavy atom. The van der Waals surface area contributed by atoms with Gasteiger partial charge in [0, 0.05) is 12.2 Å². The molecule has 0 fully saturated rings. The molecule has 0 aliphatic carbocycles. The largest absolute Gasteiger partial charge is 0.504 e. The maximum atomic E-state index is 11.7. The van der Waals surface area contributed by atoms with Crippen LogP contribution in [0.5, 0.6) is 23.0 Å². The Balaban J connectivity index is 1.96. The second-order valence-electron chi connectivity index (χ2n) is 5.27. The molecule has 2 rings (SSSR count). The molecule has 7 heteroatoms. The molecular formula is C20H18O7. The fourth-order valence-corrected chi connectivity index (χ4v) is 2.09. The van der Waals surface area contributed by atoms with Crippen molar-refractivity contribution in [1.82, 2.24) is 0 Å². The van der Waals surface area contributed by atoms with Crippen LogP contribution >= 0.6 is 0 Å². The summed E-state index contributed by atoms with van der Waals surface area (Å²) >= 11 is 0. The van der Waals surface area contributed by atoms with Gasteiger partial charge in [0.1, 0.15) is 0 Å². The predicted molar refractivity (Wildman–Crippen MR) is 98.5 cm³/mol. The summed E-state index contributed by atoms with van der Waals surface area (Å²) in [5, 5.41) is 19.0. The third kappa shape index (κ3) is 5.64. The first-order valence-electron chi connectivity index (χ1n) is 7.79. The first kappa shape index (κ1) is 19.6. The molecule has 0 bridgehead atoms. The molecule has 0 amide bonds. The lowest BCUT2D eigenvalue weighted by Crippen LogP contribution is -2.06. The number of phenols is 2. The van der Waals surface area contributed by atoms with Crippen molar-refractivity contribution in [3.63, 3.8) is 0 Å². The Morgan fingerprint density at radius 3 is 1.56 bits per heavy atom. The van der Waals surface area contributed by atoms with Gasteiger partial charge in [-0.05, 0) is 47.5 Å². The molecule has 27 heavy (non-hydrogen) atoms. The number of hydrogen-bond acceptors (Lipinski definition) is 7. The van der Waals surface area contributed by atoms with Crippen molar-refractivity contribution in [3.05, 3.63) is 59.7 Å². The van der Waals surface area contributed by atoms with E-state index in [0.29, 0.717) is 11.1 Å². The SMILES string of the molecule is COc1cc(/C=C/C(=O)OC(=O)/C=C/c2ccc(O)c(OC)c2)ccc1O. The van der Waals surface area contributed by atoms with Crippen LogP contribution in [0.1, 0.15) is 11.1 Å². The molecule has 0 unspecified atom stereocenters. The monoisotopic (exact) mass is 370 g/mol. The maximum Gasteiger partial charge on any atom is 0.338 e. The van der Waals surface area contributed by atoms with Gasteiger partial charge in [-0.25, -0.2) is 9.59 Å². The topological polar surface area (TPSA) is 102 Å². The number of esters is 2. The van der Waals surface area contributed by atoms with E-state index in [-0.39, 0.29) is 23.0 Å². The van der Waals surface area contributed by atoms with Crippen LogP contribution in [0.3, 0.4) is 0 Å². The van der Waals surface area contributed by atoms with Gasteiger partial charge in [-0.2, -0.15) is 0 Å². The zero-order valence-corrected chi connectivity index (χ0v) is 14.7. The number of phenolic OH excluding ortho intramolecular Hbond substituents is 2. The number of ether oxygens (including phenoxy) is 3. The highest BCUT2D eigenvalue weighted by atomic mass is 16.6. The van der Waals surface area contributed by atoms with Gasteiger partial charge in [-0.3, -0.25) is 0 Å². The van der Waals surface area contributed by atoms with E-state index in [9.17, 15) is 19.8 Å². The number of benzene rings is 2. The minimum absolute atomic E-state index is 0.0246. The first-order valence-corrected chi connectivity index (χ1v) is 7.79. The lowest BCUT2D eigenvalue weighted by atomic mass is 10.2. The molecule has 2 aromatic rings. The standard InChI is InChI=1S/C20H18O7/c1-25-17-11-13(3-7-15(17)21)5-9-19(23)27-20(24)10-6-14-4-8-16(22)18(12-14)26-2/h3-12,21-22H,1-2H3/b9-5+,10-6+. The third-order valence-corrected chi connectivity index (χ3v) is 3.43. The average Bonchev–Trinajstić information content (AvgIpc) is 2.66. The van der Waals surface area contributed by atoms with Crippen LogP contribution in [0.2, 0.25) is 0 Å². The van der Waals surface area contributed by atoms with Crippen LogP contribution in [0.4, 0.5) is 0 Å². The van der Waals surface area contributed by atoms with Gasteiger partial charge < -0.3 is 24.4 Å². The molecule has 0 atom stereocenters. The second-order valence-corrected chi connectivity index (χ2v) is 5.27. The van der Waals surface area contributed by atoms with E-state index >= 15 is 0 Å². The van der Waals surface area contributed by atoms with Gasteiger partial charge in [0.15, 0.2) is 23.0 Å². The molecule has 0 heterocycles. The number of methoxy groups -OCH3 is 2. The Bertz CT molecular complexity index is 824. The Morgan fingerprint density at radius 1 is 0.778 bits per heavy atom. The summed E-state index contributed by atoms with van der Waals surface area (Å²) in [6.07, 6.45) is 5.01. The van der Waals surface area contributed by atoms with Crippen LogP contribution in [0, 0.1) is 0 Å². The van der Waals surface area contributed by atoms with Gasteiger partial charge in [0.05, 0.1) is 14.2 Å². The summed E-state index contributed by atoms with van der Waals surface area (Å²) in [6.45, 7) is 0. The second kappa shape index (κ2) is 9.10. The molecule has 0 radical (unpaired) electrons. The summed E-state index contributed by atoms with van der Waals surface area (Å²) in [5.41, 5.74) is 1.17. The van der Waals surface area contributed by atoms with E-state index in [1.54, 1.807) is 12.1 Å². The fraction of sp³-hybridized carbons (Fsp3) is 0.100. The van der Waals surface area contributed by atoms with Crippen LogP contribution < -0.4 is 9.47 Å². The van der Waals surface area contributed by atoms with Crippen molar-refractivity contribution in [2.24, 2.45) is 0 Å². The van der Waals surface area contributed by atoms with Gasteiger partial charge in [0.25, 0.3) is 0 Å². The van der Waals surface area contributed by atoms with Crippen LogP contribution in [-0.2, 0) is 14.3 Å². The van der Waals surface area contributed by atoms with Crippen molar-refractivity contribution in [2.75, 3.05) is 14.2 Å². The zero-order chi connectivity index (χ0) is 19.8. The number of rotatable bonds is 6. The van der Waals surface area contributed by atoms with Crippen molar-refractivity contribution in [2.45, 2.75) is 0 Å². The smallest absolute Gasteiger partial charge is 0.338 e. The Kier molecular flexibility index (Phi) is 6.60. The third-order valence-electron chi connectivity index (χ3n) is 3.43. The summed E-state index contributed by atoms with van der Waals surface area (Å²) in [5.74, 6) is -1.23. The minimum Gasteiger partial charge on any atom is -0.504 e. The summed E-state index contributed by atoms with van der Waals surface area (Å²) < 4.78 is 14.6. The molecule has 0 saturated carbocycles. The molecule has 0 aliphatic rings. The van der Waals surface area contributed by atoms with Crippen molar-refractivity contribution < 1.29 is 34.0 Å². The van der Waals surface area contributed by atoms with Crippen LogP contribution in [-0.4, -0.2) is 36.4 Å². The molecule has 2 N–H and O–H groups in total. The molecule has 2 aromatic carbocycles. The van der Waals surface area contributed by atoms with E-state index in [1.165, 1.54) is 50.6 Å². The molecule has 0 aromatic heterocycles. The lowest BCUT2D eigenvalue weighted by molar-refractivity contribution is -0.152. The summed E-state index contributed by atoms with van der Waals surface area (Å²) in [7, 11) is 2.82. The molecule has 0 spiro atoms. The number of aromatic hydroxyl groups is 2. The zero-order valence-electron chi connectivity index (χ0n) is 14.7. The van der Waals surface area contributed by atoms with Crippen molar-refractivity contribution >= 4 is 24.1 Å². The average molecular weight is 370 g/mol. The highest BCUT2D eigenvalue weighted by molar-refractivity contribution is 5.99. The Labute approximate surface area is 155 Å². The highest BCUT2D eigenvalue weighted by Crippen LogP contribution is 2.27. The number of carbonyl (C=O) groups is 2. The van der Waals surface area contributed by atoms with Gasteiger partial charge in [0.2, 0.25) is 0 Å². The first-order chi connectivity index (χ1) is 12.9. The maximum absolute atomic E-state index is 11.7. The van der Waals surface area contributed by atoms with Gasteiger partial charge >= 0.3 is 11.9 Å². The fourth-order valence-electron chi connectivity index (χ4n) is 2.09. The van der Waals surface area contributed by atoms with Gasteiger partial charge in [-0.15, -0.1) is 0 Å². The number of carbonyl (C=O) groups excluding carboxylic acids is 2. The molecular weight excluding hydrogens is 352 g/mol. The van der Waals surface area contributed by atoms with Crippen molar-refractivity contribution in [3.8, 4) is 23.0 Å². The summed E-state index contributed by atoms with van der Waals surface area (Å²) in [6, 6.07) is 9.04. The Hall–Kier alpha value is -3.74. The molecule has 7 nitrogen and oxygen atoms in total. The minimum atomic E-state index is -0.847. The van der Waals surface area contributed by atoms with Gasteiger partial charge in [-0.1, -0.05) is 12.1 Å². The molecule has 0 aliphatic heterocycles. The summed E-state index contributed by atoms with van der Waals surface area (Å²) in [4.78, 5) is 23.4. The number of hydrogen-bond donors (Lipinski definition) is 2. The van der Waals surface area contributed by atoms with Crippen LogP contribution in [0.15, 0.2) is 48.6 Å². The normalized spacial score (nSPS) is 10.9. The predicted octanol–water partition coefficient (Wildman–Crippen LogP) is 2.91. The van der Waals surface area contributed by atoms with E-state index < -0.39 is 11.9 Å². The molecule has 140 valence electrons. The van der Waals surface area contributed by atoms with Crippen LogP contribution in [0.25, 0.3) is 12.2 Å². The van der Waals surface area contributed by atoms with E-state index in [0.717, 1.165) is 12.2 Å². The lowest BCUT2D eigenvalue weighted by Gasteiger charge is -2.03. The van der Waals surface area contributed by atoms with E-state index in [4.69, 9.17) is 9.47 Å². The quantitative estimate of drug-likeness (QED) is 0.458. The van der Waals surface area contributed by atoms with E-state index in [2.05, 4.69) is 4.74 Å².